The van der Waals surface area contributed by atoms with E-state index in [0.29, 0.717) is 5.92 Å². The molecule has 0 aliphatic rings. The van der Waals surface area contributed by atoms with Gasteiger partial charge in [0.25, 0.3) is 0 Å². The van der Waals surface area contributed by atoms with E-state index in [9.17, 15) is 0 Å². The summed E-state index contributed by atoms with van der Waals surface area (Å²) >= 11 is 6.65. The van der Waals surface area contributed by atoms with Crippen molar-refractivity contribution < 1.29 is 0 Å². The molecule has 0 fully saturated rings. The fourth-order valence-corrected chi connectivity index (χ4v) is 5.14. The van der Waals surface area contributed by atoms with Crippen LogP contribution in [0.1, 0.15) is 42.9 Å². The summed E-state index contributed by atoms with van der Waals surface area (Å²) in [5.41, 5.74) is 4.01. The lowest BCUT2D eigenvalue weighted by Gasteiger charge is -2.14. The largest absolute Gasteiger partial charge is 0.0894 e. The topological polar surface area (TPSA) is 0 Å². The SMILES string of the molecule is CCC(C)c1cccc([SiH2]c2cc(C)cc(C)c2)c1Cl. The minimum absolute atomic E-state index is 0.499. The van der Waals surface area contributed by atoms with Crippen LogP contribution in [0, 0.1) is 13.8 Å². The molecule has 0 N–H and O–H groups in total. The number of aryl methyl sites for hydroxylation is 2. The van der Waals surface area contributed by atoms with Crippen LogP contribution in [0.25, 0.3) is 0 Å². The molecule has 0 spiro atoms. The minimum atomic E-state index is -0.499. The van der Waals surface area contributed by atoms with Gasteiger partial charge in [-0.2, -0.15) is 0 Å². The molecule has 20 heavy (non-hydrogen) atoms. The Morgan fingerprint density at radius 1 is 1.10 bits per heavy atom. The molecule has 0 saturated carbocycles. The van der Waals surface area contributed by atoms with Crippen LogP contribution in [0.2, 0.25) is 5.02 Å². The van der Waals surface area contributed by atoms with Crippen molar-refractivity contribution in [2.24, 2.45) is 0 Å². The molecule has 2 rings (SSSR count). The summed E-state index contributed by atoms with van der Waals surface area (Å²) in [4.78, 5) is 0. The first-order valence-electron chi connectivity index (χ1n) is 7.35. The van der Waals surface area contributed by atoms with E-state index in [-0.39, 0.29) is 0 Å². The van der Waals surface area contributed by atoms with Gasteiger partial charge in [0.05, 0.1) is 9.52 Å². The van der Waals surface area contributed by atoms with E-state index in [1.54, 1.807) is 0 Å². The van der Waals surface area contributed by atoms with E-state index >= 15 is 0 Å². The van der Waals surface area contributed by atoms with Gasteiger partial charge in [-0.3, -0.25) is 0 Å². The van der Waals surface area contributed by atoms with Gasteiger partial charge in [-0.25, -0.2) is 0 Å². The highest BCUT2D eigenvalue weighted by atomic mass is 35.5. The second-order valence-electron chi connectivity index (χ2n) is 5.80. The van der Waals surface area contributed by atoms with Gasteiger partial charge in [0, 0.05) is 5.02 Å². The number of halogens is 1. The molecule has 106 valence electrons. The van der Waals surface area contributed by atoms with Crippen LogP contribution in [0.3, 0.4) is 0 Å². The van der Waals surface area contributed by atoms with Gasteiger partial charge in [-0.15, -0.1) is 0 Å². The van der Waals surface area contributed by atoms with Gasteiger partial charge in [-0.1, -0.05) is 78.2 Å². The molecule has 0 aliphatic carbocycles. The molecule has 0 amide bonds. The van der Waals surface area contributed by atoms with E-state index in [1.807, 2.05) is 0 Å². The molecule has 2 heteroatoms. The predicted molar refractivity (Wildman–Crippen MR) is 93.9 cm³/mol. The van der Waals surface area contributed by atoms with Gasteiger partial charge in [0.2, 0.25) is 0 Å². The summed E-state index contributed by atoms with van der Waals surface area (Å²) in [6, 6.07) is 13.4. The van der Waals surface area contributed by atoms with Crippen molar-refractivity contribution in [3.8, 4) is 0 Å². The lowest BCUT2D eigenvalue weighted by Crippen LogP contribution is -2.29. The van der Waals surface area contributed by atoms with Crippen molar-refractivity contribution in [2.45, 2.75) is 40.0 Å². The summed E-state index contributed by atoms with van der Waals surface area (Å²) in [5.74, 6) is 0.538. The second kappa shape index (κ2) is 6.60. The Morgan fingerprint density at radius 3 is 2.35 bits per heavy atom. The molecular formula is C18H23ClSi. The quantitative estimate of drug-likeness (QED) is 0.757. The maximum atomic E-state index is 6.65. The Bertz CT molecular complexity index is 584. The molecule has 0 heterocycles. The van der Waals surface area contributed by atoms with Crippen LogP contribution in [0.5, 0.6) is 0 Å². The van der Waals surface area contributed by atoms with E-state index < -0.39 is 9.52 Å². The molecule has 0 saturated heterocycles. The highest BCUT2D eigenvalue weighted by Crippen LogP contribution is 2.24. The Balaban J connectivity index is 2.34. The van der Waals surface area contributed by atoms with Gasteiger partial charge in [-0.05, 0) is 36.9 Å². The predicted octanol–water partition coefficient (Wildman–Crippen LogP) is 3.59. The van der Waals surface area contributed by atoms with E-state index in [2.05, 4.69) is 64.1 Å². The van der Waals surface area contributed by atoms with E-state index in [1.165, 1.54) is 27.1 Å². The molecule has 1 atom stereocenters. The normalized spacial score (nSPS) is 13.1. The lowest BCUT2D eigenvalue weighted by molar-refractivity contribution is 0.734. The monoisotopic (exact) mass is 302 g/mol. The zero-order chi connectivity index (χ0) is 14.7. The highest BCUT2D eigenvalue weighted by molar-refractivity contribution is 6.70. The Morgan fingerprint density at radius 2 is 1.75 bits per heavy atom. The standard InChI is InChI=1S/C18H23ClSi/c1-5-14(4)16-7-6-8-17(18(16)19)20-15-10-12(2)9-13(3)11-15/h6-11,14H,5,20H2,1-4H3. The zero-order valence-electron chi connectivity index (χ0n) is 12.8. The summed E-state index contributed by atoms with van der Waals surface area (Å²) in [5, 5.41) is 3.85. The van der Waals surface area contributed by atoms with Crippen molar-refractivity contribution >= 4 is 31.5 Å². The molecule has 1 unspecified atom stereocenters. The van der Waals surface area contributed by atoms with Crippen LogP contribution in [-0.4, -0.2) is 9.52 Å². The van der Waals surface area contributed by atoms with E-state index in [0.717, 1.165) is 11.4 Å². The van der Waals surface area contributed by atoms with Crippen LogP contribution in [0.15, 0.2) is 36.4 Å². The third kappa shape index (κ3) is 3.53. The summed E-state index contributed by atoms with van der Waals surface area (Å²) in [7, 11) is -0.499. The molecular weight excluding hydrogens is 280 g/mol. The number of hydrogen-bond donors (Lipinski definition) is 0. The van der Waals surface area contributed by atoms with Gasteiger partial charge in [0.1, 0.15) is 0 Å². The molecule has 0 bridgehead atoms. The molecule has 0 nitrogen and oxygen atoms in total. The smallest absolute Gasteiger partial charge is 0.0842 e. The van der Waals surface area contributed by atoms with Crippen LogP contribution in [-0.2, 0) is 0 Å². The lowest BCUT2D eigenvalue weighted by atomic mass is 9.99. The van der Waals surface area contributed by atoms with Crippen LogP contribution >= 0.6 is 11.6 Å². The number of rotatable bonds is 4. The molecule has 2 aromatic carbocycles. The zero-order valence-corrected chi connectivity index (χ0v) is 15.0. The van der Waals surface area contributed by atoms with E-state index in [4.69, 9.17) is 11.6 Å². The second-order valence-corrected chi connectivity index (χ2v) is 8.11. The Hall–Kier alpha value is -1.05. The average Bonchev–Trinajstić information content (AvgIpc) is 2.39. The summed E-state index contributed by atoms with van der Waals surface area (Å²) in [6.45, 7) is 8.81. The van der Waals surface area contributed by atoms with Crippen LogP contribution < -0.4 is 10.4 Å². The van der Waals surface area contributed by atoms with Crippen molar-refractivity contribution in [2.75, 3.05) is 0 Å². The first-order chi connectivity index (χ1) is 9.51. The fourth-order valence-electron chi connectivity index (χ4n) is 2.73. The van der Waals surface area contributed by atoms with Crippen molar-refractivity contribution in [1.82, 2.24) is 0 Å². The molecule has 2 aromatic rings. The average molecular weight is 303 g/mol. The summed E-state index contributed by atoms with van der Waals surface area (Å²) in [6.07, 6.45) is 1.13. The highest BCUT2D eigenvalue weighted by Gasteiger charge is 2.12. The molecule has 0 aliphatic heterocycles. The van der Waals surface area contributed by atoms with Crippen molar-refractivity contribution in [3.63, 3.8) is 0 Å². The van der Waals surface area contributed by atoms with Crippen molar-refractivity contribution in [3.05, 3.63) is 58.1 Å². The van der Waals surface area contributed by atoms with Crippen LogP contribution in [0.4, 0.5) is 0 Å². The fraction of sp³-hybridized carbons (Fsp3) is 0.333. The first kappa shape index (κ1) is 15.3. The number of benzene rings is 2. The van der Waals surface area contributed by atoms with Gasteiger partial charge >= 0.3 is 0 Å². The Labute approximate surface area is 130 Å². The van der Waals surface area contributed by atoms with Gasteiger partial charge < -0.3 is 0 Å². The molecule has 0 aromatic heterocycles. The minimum Gasteiger partial charge on any atom is -0.0842 e. The summed E-state index contributed by atoms with van der Waals surface area (Å²) < 4.78 is 0. The maximum Gasteiger partial charge on any atom is 0.0894 e. The third-order valence-corrected chi connectivity index (χ3v) is 6.40. The third-order valence-electron chi connectivity index (χ3n) is 3.93. The maximum absolute atomic E-state index is 6.65. The van der Waals surface area contributed by atoms with Crippen molar-refractivity contribution in [1.29, 1.82) is 0 Å². The first-order valence-corrected chi connectivity index (χ1v) is 9.15. The van der Waals surface area contributed by atoms with Gasteiger partial charge in [0.15, 0.2) is 0 Å². The Kier molecular flexibility index (Phi) is 5.06. The number of hydrogen-bond acceptors (Lipinski definition) is 0. The molecule has 0 radical (unpaired) electrons.